The lowest BCUT2D eigenvalue weighted by Gasteiger charge is -2.28. The van der Waals surface area contributed by atoms with Crippen molar-refractivity contribution < 1.29 is 9.26 Å². The molecule has 5 heterocycles. The Balaban J connectivity index is 1.16. The third kappa shape index (κ3) is 5.49. The normalized spacial score (nSPS) is 24.3. The van der Waals surface area contributed by atoms with E-state index in [1.165, 1.54) is 49.8 Å². The van der Waals surface area contributed by atoms with Crippen molar-refractivity contribution in [2.75, 3.05) is 38.0 Å². The number of aromatic nitrogens is 4. The fourth-order valence-electron chi connectivity index (χ4n) is 6.42. The number of ether oxygens (including phenoxy) is 1. The highest BCUT2D eigenvalue weighted by Crippen LogP contribution is 2.45. The number of aliphatic imine (C=N–C) groups is 1. The molecule has 3 aliphatic rings. The van der Waals surface area contributed by atoms with Crippen LogP contribution < -0.4 is 5.32 Å². The van der Waals surface area contributed by atoms with E-state index in [1.807, 2.05) is 23.1 Å². The van der Waals surface area contributed by atoms with Crippen LogP contribution in [-0.2, 0) is 9.26 Å². The van der Waals surface area contributed by atoms with Crippen molar-refractivity contribution in [3.05, 3.63) is 36.3 Å². The Bertz CT molecular complexity index is 1280. The van der Waals surface area contributed by atoms with E-state index >= 15 is 0 Å². The summed E-state index contributed by atoms with van der Waals surface area (Å²) in [5.41, 5.74) is 5.77. The van der Waals surface area contributed by atoms with E-state index in [4.69, 9.17) is 29.3 Å². The summed E-state index contributed by atoms with van der Waals surface area (Å²) in [6, 6.07) is 4.84. The summed E-state index contributed by atoms with van der Waals surface area (Å²) in [7, 11) is 1.39. The zero-order valence-corrected chi connectivity index (χ0v) is 23.5. The van der Waals surface area contributed by atoms with Crippen LogP contribution in [-0.4, -0.2) is 64.0 Å². The molecular weight excluding hydrogens is 495 g/mol. The zero-order valence-electron chi connectivity index (χ0n) is 22.6. The molecule has 38 heavy (non-hydrogen) atoms. The molecule has 9 heteroatoms. The number of nitrogens with zero attached hydrogens (tertiary/aromatic N) is 5. The van der Waals surface area contributed by atoms with Crippen LogP contribution in [0.15, 0.2) is 35.7 Å². The molecule has 3 aromatic heterocycles. The highest BCUT2D eigenvalue weighted by molar-refractivity contribution is 7.52. The van der Waals surface area contributed by atoms with E-state index < -0.39 is 0 Å². The molecule has 0 aromatic carbocycles. The van der Waals surface area contributed by atoms with Crippen molar-refractivity contribution >= 4 is 31.1 Å². The SMILES string of the molecule is COCCOP1CCC(Nc2ncc3c(-c4cnc5c(c4)C(C4CCCCCC4)C(C)=N5)ccn3n2)CC1. The van der Waals surface area contributed by atoms with Crippen LogP contribution >= 0.6 is 8.15 Å². The van der Waals surface area contributed by atoms with Crippen molar-refractivity contribution in [3.8, 4) is 11.1 Å². The molecule has 1 N–H and O–H groups in total. The number of pyridine rings is 1. The maximum atomic E-state index is 5.97. The Morgan fingerprint density at radius 2 is 1.84 bits per heavy atom. The molecule has 3 aromatic rings. The van der Waals surface area contributed by atoms with Gasteiger partial charge in [0.1, 0.15) is 0 Å². The minimum absolute atomic E-state index is 0.330. The van der Waals surface area contributed by atoms with Gasteiger partial charge in [-0.25, -0.2) is 19.5 Å². The molecule has 0 spiro atoms. The molecule has 1 saturated carbocycles. The van der Waals surface area contributed by atoms with Gasteiger partial charge in [0.15, 0.2) is 5.82 Å². The first-order chi connectivity index (χ1) is 18.7. The topological polar surface area (TPSA) is 85.9 Å². The van der Waals surface area contributed by atoms with Crippen LogP contribution in [0.3, 0.4) is 0 Å². The zero-order chi connectivity index (χ0) is 25.9. The monoisotopic (exact) mass is 534 g/mol. The van der Waals surface area contributed by atoms with Crippen LogP contribution in [0.4, 0.5) is 11.8 Å². The maximum absolute atomic E-state index is 5.97. The first-order valence-corrected chi connectivity index (χ1v) is 15.9. The van der Waals surface area contributed by atoms with Crippen molar-refractivity contribution in [2.45, 2.75) is 70.3 Å². The van der Waals surface area contributed by atoms with Crippen molar-refractivity contribution in [1.82, 2.24) is 19.6 Å². The largest absolute Gasteiger partial charge is 0.382 e. The highest BCUT2D eigenvalue weighted by atomic mass is 31.1. The predicted octanol–water partition coefficient (Wildman–Crippen LogP) is 6.59. The second-order valence-corrected chi connectivity index (χ2v) is 13.1. The number of hydrogen-bond acceptors (Lipinski definition) is 7. The molecule has 0 amide bonds. The molecule has 1 aliphatic carbocycles. The summed E-state index contributed by atoms with van der Waals surface area (Å²) in [6.45, 7) is 3.56. The van der Waals surface area contributed by atoms with Gasteiger partial charge in [0.05, 0.1) is 24.9 Å². The van der Waals surface area contributed by atoms with Crippen molar-refractivity contribution in [1.29, 1.82) is 0 Å². The third-order valence-corrected chi connectivity index (χ3v) is 10.5. The van der Waals surface area contributed by atoms with Crippen LogP contribution in [0.2, 0.25) is 0 Å². The first kappa shape index (κ1) is 25.8. The molecule has 0 bridgehead atoms. The second-order valence-electron chi connectivity index (χ2n) is 10.9. The summed E-state index contributed by atoms with van der Waals surface area (Å²) in [5, 5.41) is 8.34. The van der Waals surface area contributed by atoms with Gasteiger partial charge in [0.25, 0.3) is 0 Å². The Morgan fingerprint density at radius 1 is 1.03 bits per heavy atom. The molecule has 8 nitrogen and oxygen atoms in total. The standard InChI is InChI=1S/C29H39N6O2P/c1-20-27(21-7-5-3-4-6-8-21)25-17-22(18-30-28(25)32-20)24-9-12-35-26(24)19-31-29(34-35)33-23-10-15-38(16-11-23)37-14-13-36-2/h9,12,17-19,21,23,27H,3-8,10-11,13-16H2,1-2H3,(H,33,34). The van der Waals surface area contributed by atoms with E-state index in [9.17, 15) is 0 Å². The molecule has 6 rings (SSSR count). The van der Waals surface area contributed by atoms with Crippen molar-refractivity contribution in [3.63, 3.8) is 0 Å². The molecule has 2 aliphatic heterocycles. The summed E-state index contributed by atoms with van der Waals surface area (Å²) in [6.07, 6.45) is 18.3. The molecule has 1 atom stereocenters. The minimum Gasteiger partial charge on any atom is -0.382 e. The second kappa shape index (κ2) is 11.8. The summed E-state index contributed by atoms with van der Waals surface area (Å²) in [5.74, 6) is 2.67. The van der Waals surface area contributed by atoms with E-state index in [1.54, 1.807) is 7.11 Å². The van der Waals surface area contributed by atoms with Gasteiger partial charge in [-0.15, -0.1) is 5.10 Å². The molecule has 0 radical (unpaired) electrons. The number of hydrogen-bond donors (Lipinski definition) is 1. The molecule has 1 unspecified atom stereocenters. The smallest absolute Gasteiger partial charge is 0.241 e. The Morgan fingerprint density at radius 3 is 2.63 bits per heavy atom. The average molecular weight is 535 g/mol. The number of methoxy groups -OCH3 is 1. The van der Waals surface area contributed by atoms with Crippen molar-refractivity contribution in [2.24, 2.45) is 10.9 Å². The Kier molecular flexibility index (Phi) is 8.00. The van der Waals surface area contributed by atoms with Gasteiger partial charge in [-0.1, -0.05) is 25.7 Å². The maximum Gasteiger partial charge on any atom is 0.241 e. The number of fused-ring (bicyclic) bond motifs is 2. The molecule has 202 valence electrons. The van der Waals surface area contributed by atoms with Gasteiger partial charge >= 0.3 is 0 Å². The summed E-state index contributed by atoms with van der Waals surface area (Å²) >= 11 is 0. The highest BCUT2D eigenvalue weighted by Gasteiger charge is 2.33. The van der Waals surface area contributed by atoms with E-state index in [0.717, 1.165) is 47.6 Å². The van der Waals surface area contributed by atoms with Gasteiger partial charge in [0.2, 0.25) is 5.95 Å². The van der Waals surface area contributed by atoms with E-state index in [0.29, 0.717) is 37.0 Å². The van der Waals surface area contributed by atoms with E-state index in [-0.39, 0.29) is 8.15 Å². The first-order valence-electron chi connectivity index (χ1n) is 14.2. The van der Waals surface area contributed by atoms with E-state index in [2.05, 4.69) is 24.4 Å². The molecule has 1 saturated heterocycles. The number of nitrogens with one attached hydrogen (secondary N) is 1. The Labute approximate surface area is 226 Å². The lowest BCUT2D eigenvalue weighted by molar-refractivity contribution is 0.152. The minimum atomic E-state index is -0.330. The van der Waals surface area contributed by atoms with Gasteiger partial charge < -0.3 is 14.6 Å². The fraction of sp³-hybridized carbons (Fsp3) is 0.586. The number of rotatable bonds is 8. The van der Waals surface area contributed by atoms with Gasteiger partial charge in [-0.3, -0.25) is 0 Å². The van der Waals surface area contributed by atoms with Gasteiger partial charge in [0, 0.05) is 62.0 Å². The average Bonchev–Trinajstić information content (AvgIpc) is 3.38. The third-order valence-electron chi connectivity index (χ3n) is 8.41. The molecule has 2 fully saturated rings. The Hall–Kier alpha value is -2.41. The quantitative estimate of drug-likeness (QED) is 0.199. The lowest BCUT2D eigenvalue weighted by atomic mass is 9.80. The lowest BCUT2D eigenvalue weighted by Crippen LogP contribution is -2.27. The molecular formula is C29H39N6O2P. The summed E-state index contributed by atoms with van der Waals surface area (Å²) in [4.78, 5) is 14.4. The van der Waals surface area contributed by atoms with Crippen LogP contribution in [0.5, 0.6) is 0 Å². The van der Waals surface area contributed by atoms with Gasteiger partial charge in [-0.2, -0.15) is 0 Å². The summed E-state index contributed by atoms with van der Waals surface area (Å²) < 4.78 is 13.0. The van der Waals surface area contributed by atoms with Gasteiger partial charge in [-0.05, 0) is 63.0 Å². The van der Waals surface area contributed by atoms with Crippen LogP contribution in [0.1, 0.15) is 69.8 Å². The predicted molar refractivity (Wildman–Crippen MR) is 154 cm³/mol. The fourth-order valence-corrected chi connectivity index (χ4v) is 8.43. The van der Waals surface area contributed by atoms with Crippen LogP contribution in [0, 0.1) is 5.92 Å². The number of anilines is 1. The van der Waals surface area contributed by atoms with Crippen LogP contribution in [0.25, 0.3) is 16.6 Å².